The molecule has 0 heterocycles. The van der Waals surface area contributed by atoms with E-state index in [0.717, 1.165) is 6.07 Å². The number of hydrogen-bond donors (Lipinski definition) is 3. The van der Waals surface area contributed by atoms with E-state index < -0.39 is 0 Å². The van der Waals surface area contributed by atoms with Gasteiger partial charge in [0.05, 0.1) is 5.56 Å². The van der Waals surface area contributed by atoms with Crippen molar-refractivity contribution >= 4 is 21.8 Å². The zero-order chi connectivity index (χ0) is 12.4. The first-order valence-corrected chi connectivity index (χ1v) is 6.43. The van der Waals surface area contributed by atoms with Gasteiger partial charge in [-0.3, -0.25) is 4.79 Å². The summed E-state index contributed by atoms with van der Waals surface area (Å²) >= 11 is 3.52. The van der Waals surface area contributed by atoms with Gasteiger partial charge in [-0.05, 0) is 30.9 Å². The number of alkyl halides is 1. The van der Waals surface area contributed by atoms with Crippen LogP contribution in [0, 0.1) is 5.92 Å². The molecule has 0 bridgehead atoms. The molecule has 0 saturated heterocycles. The number of nitrogens with one attached hydrogen (secondary N) is 1. The Balaban J connectivity index is 1.94. The highest BCUT2D eigenvalue weighted by atomic mass is 79.9. The van der Waals surface area contributed by atoms with Crippen LogP contribution in [0.3, 0.4) is 0 Å². The molecule has 1 aromatic carbocycles. The standard InChI is InChI=1S/C12H14BrNO3/c13-10(7-1-2-7)6-14-12(17)9-4-3-8(15)5-11(9)16/h3-5,7,10,15-16H,1-2,6H2,(H,14,17). The molecule has 0 spiro atoms. The number of phenolic OH excluding ortho intramolecular Hbond substituents is 2. The number of rotatable bonds is 4. The van der Waals surface area contributed by atoms with E-state index in [1.807, 2.05) is 0 Å². The van der Waals surface area contributed by atoms with Crippen molar-refractivity contribution in [3.63, 3.8) is 0 Å². The maximum Gasteiger partial charge on any atom is 0.255 e. The largest absolute Gasteiger partial charge is 0.508 e. The van der Waals surface area contributed by atoms with Gasteiger partial charge < -0.3 is 15.5 Å². The number of carbonyl (C=O) groups is 1. The smallest absolute Gasteiger partial charge is 0.255 e. The molecule has 2 rings (SSSR count). The van der Waals surface area contributed by atoms with Crippen molar-refractivity contribution in [2.75, 3.05) is 6.54 Å². The maximum atomic E-state index is 11.8. The first-order valence-electron chi connectivity index (χ1n) is 5.52. The zero-order valence-electron chi connectivity index (χ0n) is 9.19. The third-order valence-electron chi connectivity index (χ3n) is 2.82. The molecular formula is C12H14BrNO3. The number of hydrogen-bond acceptors (Lipinski definition) is 3. The van der Waals surface area contributed by atoms with Crippen molar-refractivity contribution in [1.82, 2.24) is 5.32 Å². The van der Waals surface area contributed by atoms with E-state index in [4.69, 9.17) is 5.11 Å². The number of benzene rings is 1. The molecule has 4 nitrogen and oxygen atoms in total. The minimum Gasteiger partial charge on any atom is -0.508 e. The molecule has 0 aliphatic heterocycles. The maximum absolute atomic E-state index is 11.8. The highest BCUT2D eigenvalue weighted by molar-refractivity contribution is 9.09. The van der Waals surface area contributed by atoms with Crippen LogP contribution in [0.2, 0.25) is 0 Å². The fourth-order valence-electron chi connectivity index (χ4n) is 1.62. The molecule has 1 aromatic rings. The average Bonchev–Trinajstić information content (AvgIpc) is 3.09. The number of phenols is 2. The highest BCUT2D eigenvalue weighted by Gasteiger charge is 2.29. The van der Waals surface area contributed by atoms with Gasteiger partial charge in [0.25, 0.3) is 5.91 Å². The molecule has 1 aliphatic rings. The SMILES string of the molecule is O=C(NCC(Br)C1CC1)c1ccc(O)cc1O. The highest BCUT2D eigenvalue weighted by Crippen LogP contribution is 2.36. The minimum absolute atomic E-state index is 0.0598. The van der Waals surface area contributed by atoms with E-state index >= 15 is 0 Å². The van der Waals surface area contributed by atoms with E-state index in [2.05, 4.69) is 21.2 Å². The number of carbonyl (C=O) groups excluding carboxylic acids is 1. The quantitative estimate of drug-likeness (QED) is 0.745. The molecule has 0 aromatic heterocycles. The van der Waals surface area contributed by atoms with Crippen molar-refractivity contribution in [1.29, 1.82) is 0 Å². The van der Waals surface area contributed by atoms with Gasteiger partial charge in [-0.2, -0.15) is 0 Å². The van der Waals surface area contributed by atoms with Gasteiger partial charge in [0, 0.05) is 17.4 Å². The van der Waals surface area contributed by atoms with E-state index in [1.54, 1.807) is 0 Å². The molecule has 1 unspecified atom stereocenters. The summed E-state index contributed by atoms with van der Waals surface area (Å²) in [5.41, 5.74) is 0.179. The summed E-state index contributed by atoms with van der Waals surface area (Å²) in [6.45, 7) is 0.545. The Labute approximate surface area is 108 Å². The molecule has 1 aliphatic carbocycles. The third-order valence-corrected chi connectivity index (χ3v) is 3.89. The summed E-state index contributed by atoms with van der Waals surface area (Å²) in [4.78, 5) is 12.0. The number of halogens is 1. The summed E-state index contributed by atoms with van der Waals surface area (Å²) in [7, 11) is 0. The summed E-state index contributed by atoms with van der Waals surface area (Å²) in [5.74, 6) is 0.0618. The lowest BCUT2D eigenvalue weighted by Gasteiger charge is -2.10. The van der Waals surface area contributed by atoms with Gasteiger partial charge in [-0.25, -0.2) is 0 Å². The number of amides is 1. The molecule has 3 N–H and O–H groups in total. The van der Waals surface area contributed by atoms with Crippen LogP contribution >= 0.6 is 15.9 Å². The average molecular weight is 300 g/mol. The molecular weight excluding hydrogens is 286 g/mol. The lowest BCUT2D eigenvalue weighted by atomic mass is 10.1. The summed E-state index contributed by atoms with van der Waals surface area (Å²) in [6, 6.07) is 3.93. The summed E-state index contributed by atoms with van der Waals surface area (Å²) in [6.07, 6.45) is 2.41. The van der Waals surface area contributed by atoms with Crippen molar-refractivity contribution in [3.8, 4) is 11.5 Å². The lowest BCUT2D eigenvalue weighted by molar-refractivity contribution is 0.0951. The van der Waals surface area contributed by atoms with Crippen LogP contribution in [0.15, 0.2) is 18.2 Å². The van der Waals surface area contributed by atoms with Gasteiger partial charge in [0.2, 0.25) is 0 Å². The monoisotopic (exact) mass is 299 g/mol. The molecule has 1 saturated carbocycles. The van der Waals surface area contributed by atoms with Gasteiger partial charge in [-0.15, -0.1) is 0 Å². The van der Waals surface area contributed by atoms with E-state index in [-0.39, 0.29) is 23.0 Å². The van der Waals surface area contributed by atoms with Gasteiger partial charge in [0.15, 0.2) is 0 Å². The van der Waals surface area contributed by atoms with Crippen LogP contribution in [0.4, 0.5) is 0 Å². The Bertz CT molecular complexity index is 432. The Hall–Kier alpha value is -1.23. The molecule has 5 heteroatoms. The van der Waals surface area contributed by atoms with Crippen molar-refractivity contribution in [2.24, 2.45) is 5.92 Å². The first kappa shape index (κ1) is 12.2. The van der Waals surface area contributed by atoms with E-state index in [9.17, 15) is 9.90 Å². The Morgan fingerprint density at radius 2 is 2.18 bits per heavy atom. The zero-order valence-corrected chi connectivity index (χ0v) is 10.8. The second-order valence-electron chi connectivity index (χ2n) is 4.26. The Kier molecular flexibility index (Phi) is 3.57. The lowest BCUT2D eigenvalue weighted by Crippen LogP contribution is -2.30. The van der Waals surface area contributed by atoms with Gasteiger partial charge >= 0.3 is 0 Å². The molecule has 0 radical (unpaired) electrons. The van der Waals surface area contributed by atoms with Crippen LogP contribution in [-0.2, 0) is 0 Å². The van der Waals surface area contributed by atoms with Crippen molar-refractivity contribution in [2.45, 2.75) is 17.7 Å². The second-order valence-corrected chi connectivity index (χ2v) is 5.44. The molecule has 1 atom stereocenters. The van der Waals surface area contributed by atoms with Gasteiger partial charge in [-0.1, -0.05) is 15.9 Å². The van der Waals surface area contributed by atoms with E-state index in [0.29, 0.717) is 17.3 Å². The fraction of sp³-hybridized carbons (Fsp3) is 0.417. The predicted octanol–water partition coefficient (Wildman–Crippen LogP) is 2.00. The molecule has 1 amide bonds. The predicted molar refractivity (Wildman–Crippen MR) is 67.5 cm³/mol. The number of aromatic hydroxyl groups is 2. The third kappa shape index (κ3) is 3.12. The first-order chi connectivity index (χ1) is 8.08. The molecule has 1 fully saturated rings. The minimum atomic E-state index is -0.326. The van der Waals surface area contributed by atoms with Crippen LogP contribution in [0.5, 0.6) is 11.5 Å². The summed E-state index contributed by atoms with van der Waals surface area (Å²) in [5, 5.41) is 21.4. The summed E-state index contributed by atoms with van der Waals surface area (Å²) < 4.78 is 0. The van der Waals surface area contributed by atoms with Crippen molar-refractivity contribution < 1.29 is 15.0 Å². The van der Waals surface area contributed by atoms with Crippen LogP contribution < -0.4 is 5.32 Å². The Morgan fingerprint density at radius 3 is 2.76 bits per heavy atom. The van der Waals surface area contributed by atoms with Crippen LogP contribution in [-0.4, -0.2) is 27.5 Å². The van der Waals surface area contributed by atoms with E-state index in [1.165, 1.54) is 25.0 Å². The van der Waals surface area contributed by atoms with Crippen LogP contribution in [0.1, 0.15) is 23.2 Å². The Morgan fingerprint density at radius 1 is 1.47 bits per heavy atom. The van der Waals surface area contributed by atoms with Crippen LogP contribution in [0.25, 0.3) is 0 Å². The van der Waals surface area contributed by atoms with Gasteiger partial charge in [0.1, 0.15) is 11.5 Å². The molecule has 17 heavy (non-hydrogen) atoms. The fourth-order valence-corrected chi connectivity index (χ4v) is 2.31. The van der Waals surface area contributed by atoms with Crippen molar-refractivity contribution in [3.05, 3.63) is 23.8 Å². The topological polar surface area (TPSA) is 69.6 Å². The normalized spacial score (nSPS) is 16.5. The molecule has 92 valence electrons. The second kappa shape index (κ2) is 4.96.